The van der Waals surface area contributed by atoms with Crippen molar-refractivity contribution in [1.82, 2.24) is 0 Å². The molecule has 1 unspecified atom stereocenters. The molecule has 0 nitrogen and oxygen atoms in total. The summed E-state index contributed by atoms with van der Waals surface area (Å²) in [4.78, 5) is 0. The minimum atomic E-state index is -3.45. The first-order chi connectivity index (χ1) is 32.6. The number of hydrogen-bond donors (Lipinski definition) is 0. The van der Waals surface area contributed by atoms with Crippen LogP contribution in [0.2, 0.25) is 5.04 Å². The molecule has 0 heterocycles. The third-order valence-corrected chi connectivity index (χ3v) is 20.9. The molecule has 0 fully saturated rings. The Kier molecular flexibility index (Phi) is 17.5. The van der Waals surface area contributed by atoms with Crippen LogP contribution in [0.4, 0.5) is 0 Å². The van der Waals surface area contributed by atoms with E-state index in [0.29, 0.717) is 0 Å². The fourth-order valence-corrected chi connectivity index (χ4v) is 18.0. The van der Waals surface area contributed by atoms with Gasteiger partial charge in [-0.25, -0.2) is 5.57 Å². The van der Waals surface area contributed by atoms with Gasteiger partial charge in [0.2, 0.25) is 0 Å². The van der Waals surface area contributed by atoms with Gasteiger partial charge < -0.3 is 37.2 Å². The fourth-order valence-electron chi connectivity index (χ4n) is 11.3. The molecular weight excluding hydrogens is 975 g/mol. The SMILES string of the molecule is CC1=[C-]C(C)([Si](c2cc(-c3ccccc3)c(-c3ccccc3)cc2C)(c2cc(-c3ccccc3)c(-c3ccccc3)cc2C)c2cc(-c3ccccc3)c(-c3ccccc3)cc2C)C(C)=C1C.[Cl-].[Cl-].[Cl-].[Ti+4]. The molecule has 0 aliphatic heterocycles. The van der Waals surface area contributed by atoms with Crippen molar-refractivity contribution >= 4 is 23.6 Å². The van der Waals surface area contributed by atoms with Crippen LogP contribution in [0.3, 0.4) is 0 Å². The Morgan fingerprint density at radius 2 is 0.535 bits per heavy atom. The number of halogens is 3. The van der Waals surface area contributed by atoms with E-state index in [-0.39, 0.29) is 58.9 Å². The fraction of sp³-hybridized carbons (Fsp3) is 0.121. The van der Waals surface area contributed by atoms with Gasteiger partial charge in [0.15, 0.2) is 0 Å². The molecule has 5 heteroatoms. The van der Waals surface area contributed by atoms with E-state index in [4.69, 9.17) is 0 Å². The zero-order chi connectivity index (χ0) is 46.3. The van der Waals surface area contributed by atoms with Gasteiger partial charge in [-0.15, -0.1) is 6.92 Å². The summed E-state index contributed by atoms with van der Waals surface area (Å²) in [6.45, 7) is 16.7. The van der Waals surface area contributed by atoms with Gasteiger partial charge in [-0.05, 0) is 103 Å². The molecule has 0 bridgehead atoms. The van der Waals surface area contributed by atoms with Crippen molar-refractivity contribution < 1.29 is 58.9 Å². The van der Waals surface area contributed by atoms with E-state index in [2.05, 4.69) is 273 Å². The summed E-state index contributed by atoms with van der Waals surface area (Å²) < 4.78 is 0. The van der Waals surface area contributed by atoms with Crippen molar-refractivity contribution in [3.63, 3.8) is 0 Å². The molecule has 9 aromatic carbocycles. The van der Waals surface area contributed by atoms with Gasteiger partial charge in [0, 0.05) is 0 Å². The van der Waals surface area contributed by atoms with Crippen LogP contribution in [0.5, 0.6) is 0 Å². The van der Waals surface area contributed by atoms with Crippen molar-refractivity contribution in [3.05, 3.63) is 258 Å². The summed E-state index contributed by atoms with van der Waals surface area (Å²) in [5.41, 5.74) is 22.6. The van der Waals surface area contributed by atoms with Gasteiger partial charge in [-0.2, -0.15) is 11.1 Å². The maximum atomic E-state index is 4.37. The van der Waals surface area contributed by atoms with E-state index < -0.39 is 13.1 Å². The molecule has 0 amide bonds. The molecule has 0 N–H and O–H groups in total. The summed E-state index contributed by atoms with van der Waals surface area (Å²) in [5, 5.41) is 3.72. The zero-order valence-electron chi connectivity index (χ0n) is 41.4. The van der Waals surface area contributed by atoms with Crippen LogP contribution in [0.25, 0.3) is 66.8 Å². The number of aryl methyl sites for hydroxylation is 3. The van der Waals surface area contributed by atoms with E-state index >= 15 is 0 Å². The minimum Gasteiger partial charge on any atom is -1.00 e. The molecule has 1 aliphatic rings. The van der Waals surface area contributed by atoms with Gasteiger partial charge >= 0.3 is 21.7 Å². The Morgan fingerprint density at radius 3 is 0.732 bits per heavy atom. The second kappa shape index (κ2) is 22.8. The number of allylic oxidation sites excluding steroid dienone is 4. The largest absolute Gasteiger partial charge is 4.00 e. The molecule has 0 saturated heterocycles. The van der Waals surface area contributed by atoms with Crippen LogP contribution in [0, 0.1) is 26.8 Å². The molecule has 0 saturated carbocycles. The first-order valence-electron chi connectivity index (χ1n) is 23.7. The van der Waals surface area contributed by atoms with E-state index in [1.807, 2.05) is 0 Å². The van der Waals surface area contributed by atoms with Crippen LogP contribution < -0.4 is 52.8 Å². The molecule has 0 spiro atoms. The Labute approximate surface area is 457 Å². The molecule has 71 heavy (non-hydrogen) atoms. The maximum Gasteiger partial charge on any atom is 4.00 e. The summed E-state index contributed by atoms with van der Waals surface area (Å²) >= 11 is 0. The monoisotopic (exact) mass is 1030 g/mol. The Morgan fingerprint density at radius 1 is 0.324 bits per heavy atom. The summed E-state index contributed by atoms with van der Waals surface area (Å²) in [5.74, 6) is 0. The predicted molar refractivity (Wildman–Crippen MR) is 290 cm³/mol. The Bertz CT molecular complexity index is 3020. The number of benzene rings is 9. The van der Waals surface area contributed by atoms with E-state index in [9.17, 15) is 0 Å². The second-order valence-corrected chi connectivity index (χ2v) is 22.8. The Balaban J connectivity index is 0.00000206. The van der Waals surface area contributed by atoms with Crippen LogP contribution in [0.1, 0.15) is 44.4 Å². The molecule has 0 radical (unpaired) electrons. The van der Waals surface area contributed by atoms with Crippen molar-refractivity contribution in [3.8, 4) is 66.8 Å². The van der Waals surface area contributed by atoms with Gasteiger partial charge in [0.1, 0.15) is 8.07 Å². The average Bonchev–Trinajstić information content (AvgIpc) is 3.58. The van der Waals surface area contributed by atoms with Gasteiger partial charge in [0.05, 0.1) is 0 Å². The molecule has 1 atom stereocenters. The van der Waals surface area contributed by atoms with E-state index in [0.717, 1.165) is 0 Å². The number of hydrogen-bond acceptors (Lipinski definition) is 0. The van der Waals surface area contributed by atoms with Gasteiger partial charge in [-0.1, -0.05) is 261 Å². The summed E-state index contributed by atoms with van der Waals surface area (Å²) in [7, 11) is -3.45. The predicted octanol–water partition coefficient (Wildman–Crippen LogP) is 6.95. The molecule has 0 aromatic heterocycles. The van der Waals surface area contributed by atoms with Crippen molar-refractivity contribution in [1.29, 1.82) is 0 Å². The summed E-state index contributed by atoms with van der Waals surface area (Å²) in [6.07, 6.45) is 4.37. The van der Waals surface area contributed by atoms with Crippen LogP contribution in [-0.4, -0.2) is 8.07 Å². The first kappa shape index (κ1) is 54.6. The zero-order valence-corrected chi connectivity index (χ0v) is 46.2. The normalized spacial score (nSPS) is 14.0. The summed E-state index contributed by atoms with van der Waals surface area (Å²) in [6, 6.07) is 81.5. The molecule has 350 valence electrons. The third-order valence-electron chi connectivity index (χ3n) is 14.9. The van der Waals surface area contributed by atoms with E-state index in [1.165, 1.54) is 116 Å². The second-order valence-electron chi connectivity index (χ2n) is 18.7. The van der Waals surface area contributed by atoms with Crippen molar-refractivity contribution in [2.75, 3.05) is 0 Å². The standard InChI is InChI=1S/C66H57Si.3ClH.Ti/c1-45-38-57(51-26-14-8-15-27-51)60(54-32-20-11-21-33-54)41-63(45)67(66(7)44-48(4)49(5)50(66)6,64-42-61(55-34-22-12-23-35-55)58(39-46(64)2)52-28-16-9-17-29-52)65-43-62(56-36-24-13-25-37-56)59(40-47(65)3)53-30-18-10-19-31-53;;;;/h8-43H,1-7H3;3*1H;/q-1;;;;+4/p-3. The quantitative estimate of drug-likeness (QED) is 0.0792. The average molecular weight is 1030 g/mol. The topological polar surface area (TPSA) is 0 Å². The first-order valence-corrected chi connectivity index (χ1v) is 25.7. The third kappa shape index (κ3) is 9.70. The minimum absolute atomic E-state index is 0. The van der Waals surface area contributed by atoms with Crippen LogP contribution in [0.15, 0.2) is 235 Å². The van der Waals surface area contributed by atoms with Crippen molar-refractivity contribution in [2.24, 2.45) is 0 Å². The van der Waals surface area contributed by atoms with Gasteiger partial charge in [-0.3, -0.25) is 6.08 Å². The Hall–Kier alpha value is -5.74. The molecule has 10 rings (SSSR count). The molecular formula is C66H57Cl3SiTi. The maximum absolute atomic E-state index is 4.37. The molecule has 1 aliphatic carbocycles. The van der Waals surface area contributed by atoms with Crippen LogP contribution in [-0.2, 0) is 21.7 Å². The van der Waals surface area contributed by atoms with Crippen molar-refractivity contribution in [2.45, 2.75) is 53.5 Å². The smallest absolute Gasteiger partial charge is 1.00 e. The van der Waals surface area contributed by atoms with Crippen LogP contribution >= 0.6 is 0 Å². The number of rotatable bonds is 10. The van der Waals surface area contributed by atoms with E-state index in [1.54, 1.807) is 0 Å². The molecule has 9 aromatic rings. The van der Waals surface area contributed by atoms with Gasteiger partial charge in [0.25, 0.3) is 0 Å².